The first-order valence-corrected chi connectivity index (χ1v) is 4.14. The number of rotatable bonds is 2. The van der Waals surface area contributed by atoms with Crippen LogP contribution in [0.25, 0.3) is 0 Å². The van der Waals surface area contributed by atoms with Gasteiger partial charge in [0.05, 0.1) is 6.20 Å². The Morgan fingerprint density at radius 2 is 1.79 bits per heavy atom. The minimum absolute atomic E-state index is 0.479. The standard InChI is InChI=1S/C10H9N3O/c11-10-2-1-9(7-13-10)14-8-3-5-12-6-4-8/h1-7H,(H2,11,13). The largest absolute Gasteiger partial charge is 0.456 e. The summed E-state index contributed by atoms with van der Waals surface area (Å²) in [6.45, 7) is 0. The predicted octanol–water partition coefficient (Wildman–Crippen LogP) is 1.85. The minimum Gasteiger partial charge on any atom is -0.456 e. The molecule has 0 saturated carbocycles. The third kappa shape index (κ3) is 1.98. The molecule has 0 atom stereocenters. The fraction of sp³-hybridized carbons (Fsp3) is 0. The van der Waals surface area contributed by atoms with Crippen molar-refractivity contribution in [3.63, 3.8) is 0 Å². The average molecular weight is 187 g/mol. The number of nitrogen functional groups attached to an aromatic ring is 1. The lowest BCUT2D eigenvalue weighted by Gasteiger charge is -2.03. The van der Waals surface area contributed by atoms with E-state index in [2.05, 4.69) is 9.97 Å². The normalized spacial score (nSPS) is 9.71. The van der Waals surface area contributed by atoms with Gasteiger partial charge in [0.1, 0.15) is 17.3 Å². The van der Waals surface area contributed by atoms with E-state index in [1.807, 2.05) is 0 Å². The van der Waals surface area contributed by atoms with Crippen molar-refractivity contribution >= 4 is 5.82 Å². The van der Waals surface area contributed by atoms with Crippen molar-refractivity contribution in [2.75, 3.05) is 5.73 Å². The van der Waals surface area contributed by atoms with E-state index in [4.69, 9.17) is 10.5 Å². The van der Waals surface area contributed by atoms with Crippen LogP contribution in [-0.2, 0) is 0 Å². The summed E-state index contributed by atoms with van der Waals surface area (Å²) in [5, 5.41) is 0. The molecule has 70 valence electrons. The van der Waals surface area contributed by atoms with E-state index in [0.29, 0.717) is 11.6 Å². The number of pyridine rings is 2. The Morgan fingerprint density at radius 1 is 1.00 bits per heavy atom. The van der Waals surface area contributed by atoms with Crippen LogP contribution in [0.15, 0.2) is 42.9 Å². The zero-order valence-corrected chi connectivity index (χ0v) is 7.42. The number of aromatic nitrogens is 2. The van der Waals surface area contributed by atoms with Gasteiger partial charge in [-0.25, -0.2) is 4.98 Å². The number of ether oxygens (including phenoxy) is 1. The zero-order chi connectivity index (χ0) is 9.80. The Hall–Kier alpha value is -2.10. The van der Waals surface area contributed by atoms with Crippen LogP contribution in [0.4, 0.5) is 5.82 Å². The molecule has 0 radical (unpaired) electrons. The molecule has 4 nitrogen and oxygen atoms in total. The number of anilines is 1. The van der Waals surface area contributed by atoms with Gasteiger partial charge in [-0.15, -0.1) is 0 Å². The van der Waals surface area contributed by atoms with Gasteiger partial charge in [-0.3, -0.25) is 4.98 Å². The van der Waals surface area contributed by atoms with Gasteiger partial charge >= 0.3 is 0 Å². The van der Waals surface area contributed by atoms with Gasteiger partial charge in [0, 0.05) is 12.4 Å². The molecule has 4 heteroatoms. The topological polar surface area (TPSA) is 61.0 Å². The van der Waals surface area contributed by atoms with Gasteiger partial charge in [-0.2, -0.15) is 0 Å². The first kappa shape index (κ1) is 8.50. The number of hydrogen-bond donors (Lipinski definition) is 1. The first-order valence-electron chi connectivity index (χ1n) is 4.14. The lowest BCUT2D eigenvalue weighted by atomic mass is 10.4. The molecule has 2 N–H and O–H groups in total. The third-order valence-corrected chi connectivity index (χ3v) is 1.64. The Kier molecular flexibility index (Phi) is 2.27. The van der Waals surface area contributed by atoms with Gasteiger partial charge in [0.2, 0.25) is 0 Å². The smallest absolute Gasteiger partial charge is 0.145 e. The number of hydrogen-bond acceptors (Lipinski definition) is 4. The summed E-state index contributed by atoms with van der Waals surface area (Å²) in [6.07, 6.45) is 4.91. The highest BCUT2D eigenvalue weighted by Gasteiger charge is 1.95. The highest BCUT2D eigenvalue weighted by atomic mass is 16.5. The molecule has 14 heavy (non-hydrogen) atoms. The molecular formula is C10H9N3O. The van der Waals surface area contributed by atoms with Crippen LogP contribution in [0, 0.1) is 0 Å². The summed E-state index contributed by atoms with van der Waals surface area (Å²) in [5.74, 6) is 1.86. The summed E-state index contributed by atoms with van der Waals surface area (Å²) in [5.41, 5.74) is 5.44. The SMILES string of the molecule is Nc1ccc(Oc2ccncc2)cn1. The van der Waals surface area contributed by atoms with Gasteiger partial charge in [-0.1, -0.05) is 0 Å². The van der Waals surface area contributed by atoms with Crippen molar-refractivity contribution in [3.8, 4) is 11.5 Å². The molecule has 0 bridgehead atoms. The van der Waals surface area contributed by atoms with Crippen LogP contribution >= 0.6 is 0 Å². The van der Waals surface area contributed by atoms with E-state index < -0.39 is 0 Å². The lowest BCUT2D eigenvalue weighted by molar-refractivity contribution is 0.480. The van der Waals surface area contributed by atoms with Crippen LogP contribution < -0.4 is 10.5 Å². The van der Waals surface area contributed by atoms with Crippen LogP contribution in [0.5, 0.6) is 11.5 Å². The molecule has 0 amide bonds. The van der Waals surface area contributed by atoms with Crippen molar-refractivity contribution in [3.05, 3.63) is 42.9 Å². The Bertz CT molecular complexity index is 399. The third-order valence-electron chi connectivity index (χ3n) is 1.64. The van der Waals surface area contributed by atoms with Crippen molar-refractivity contribution in [1.82, 2.24) is 9.97 Å². The summed E-state index contributed by atoms with van der Waals surface area (Å²) in [4.78, 5) is 7.80. The molecule has 2 rings (SSSR count). The molecule has 2 heterocycles. The maximum atomic E-state index is 5.48. The molecule has 0 aromatic carbocycles. The Balaban J connectivity index is 2.16. The second-order valence-electron chi connectivity index (χ2n) is 2.70. The van der Waals surface area contributed by atoms with Gasteiger partial charge < -0.3 is 10.5 Å². The zero-order valence-electron chi connectivity index (χ0n) is 7.42. The summed E-state index contributed by atoms with van der Waals surface area (Å²) in [6, 6.07) is 7.01. The van der Waals surface area contributed by atoms with E-state index in [1.54, 1.807) is 42.9 Å². The van der Waals surface area contributed by atoms with Gasteiger partial charge in [0.25, 0.3) is 0 Å². The van der Waals surface area contributed by atoms with Crippen molar-refractivity contribution in [1.29, 1.82) is 0 Å². The maximum Gasteiger partial charge on any atom is 0.145 e. The monoisotopic (exact) mass is 187 g/mol. The van der Waals surface area contributed by atoms with Crippen molar-refractivity contribution < 1.29 is 4.74 Å². The lowest BCUT2D eigenvalue weighted by Crippen LogP contribution is -1.90. The molecule has 0 spiro atoms. The van der Waals surface area contributed by atoms with E-state index in [1.165, 1.54) is 0 Å². The molecule has 0 unspecified atom stereocenters. The average Bonchev–Trinajstić information content (AvgIpc) is 2.23. The quantitative estimate of drug-likeness (QED) is 0.779. The molecule has 0 aliphatic heterocycles. The molecular weight excluding hydrogens is 178 g/mol. The van der Waals surface area contributed by atoms with Crippen molar-refractivity contribution in [2.24, 2.45) is 0 Å². The van der Waals surface area contributed by atoms with Crippen LogP contribution in [0.3, 0.4) is 0 Å². The molecule has 2 aromatic rings. The van der Waals surface area contributed by atoms with E-state index >= 15 is 0 Å². The molecule has 0 aliphatic rings. The number of nitrogens with zero attached hydrogens (tertiary/aromatic N) is 2. The first-order chi connectivity index (χ1) is 6.84. The minimum atomic E-state index is 0.479. The van der Waals surface area contributed by atoms with Crippen LogP contribution in [0.2, 0.25) is 0 Å². The predicted molar refractivity (Wildman–Crippen MR) is 53.0 cm³/mol. The Labute approximate surface area is 81.4 Å². The second kappa shape index (κ2) is 3.74. The van der Waals surface area contributed by atoms with E-state index in [-0.39, 0.29) is 0 Å². The van der Waals surface area contributed by atoms with Crippen LogP contribution in [-0.4, -0.2) is 9.97 Å². The summed E-state index contributed by atoms with van der Waals surface area (Å²) < 4.78 is 5.48. The highest BCUT2D eigenvalue weighted by molar-refractivity contribution is 5.34. The fourth-order valence-electron chi connectivity index (χ4n) is 0.994. The number of nitrogens with two attached hydrogens (primary N) is 1. The maximum absolute atomic E-state index is 5.48. The molecule has 0 saturated heterocycles. The molecule has 2 aromatic heterocycles. The Morgan fingerprint density at radius 3 is 2.43 bits per heavy atom. The highest BCUT2D eigenvalue weighted by Crippen LogP contribution is 2.19. The molecule has 0 fully saturated rings. The summed E-state index contributed by atoms with van der Waals surface area (Å²) in [7, 11) is 0. The van der Waals surface area contributed by atoms with Gasteiger partial charge in [0.15, 0.2) is 0 Å². The van der Waals surface area contributed by atoms with Gasteiger partial charge in [-0.05, 0) is 24.3 Å². The summed E-state index contributed by atoms with van der Waals surface area (Å²) >= 11 is 0. The molecule has 0 aliphatic carbocycles. The van der Waals surface area contributed by atoms with E-state index in [0.717, 1.165) is 5.75 Å². The van der Waals surface area contributed by atoms with E-state index in [9.17, 15) is 0 Å². The van der Waals surface area contributed by atoms with Crippen molar-refractivity contribution in [2.45, 2.75) is 0 Å². The van der Waals surface area contributed by atoms with Crippen LogP contribution in [0.1, 0.15) is 0 Å². The second-order valence-corrected chi connectivity index (χ2v) is 2.70. The fourth-order valence-corrected chi connectivity index (χ4v) is 0.994.